The van der Waals surface area contributed by atoms with Gasteiger partial charge in [0.2, 0.25) is 0 Å². The summed E-state index contributed by atoms with van der Waals surface area (Å²) in [4.78, 5) is 72.9. The summed E-state index contributed by atoms with van der Waals surface area (Å²) in [6.45, 7) is 9.58. The summed E-state index contributed by atoms with van der Waals surface area (Å²) in [5.74, 6) is -0.583. The molecular weight excluding hydrogens is 1280 g/mol. The van der Waals surface area contributed by atoms with Crippen molar-refractivity contribution in [3.8, 4) is 0 Å². The monoisotopic (exact) mass is 1430 g/mol. The number of unbranched alkanes of at least 4 members (excludes halogenated alkanes) is 43. The zero-order valence-electron chi connectivity index (χ0n) is 63.6. The van der Waals surface area contributed by atoms with Crippen LogP contribution in [-0.2, 0) is 65.4 Å². The van der Waals surface area contributed by atoms with Crippen LogP contribution >= 0.6 is 15.6 Å². The van der Waals surface area contributed by atoms with Gasteiger partial charge in [-0.25, -0.2) is 9.13 Å². The van der Waals surface area contributed by atoms with E-state index in [0.29, 0.717) is 25.7 Å². The van der Waals surface area contributed by atoms with Crippen molar-refractivity contribution < 1.29 is 80.2 Å². The standard InChI is InChI=1S/C79H150O17P2/c1-7-9-11-13-15-17-19-21-22-26-32-38-44-50-56-62-77(82)90-68-74(95-78(83)63-57-51-45-39-33-27-24-23-25-29-35-41-47-53-59-71(3)4)69-93-97(85,86)91-65-73(80)66-92-98(87,88)94-70-75(67-89-76(81)61-55-49-43-37-31-20-18-16-14-12-10-8-2)96-79(84)64-58-52-46-40-34-28-30-36-42-48-54-60-72(5)6/h17,19,21-22,71-75,80H,7-16,18,20,23-70H2,1-6H3,(H,85,86)(H,87,88)/b19-17-,22-21-/t73-,74-,75-/m1/s1. The van der Waals surface area contributed by atoms with E-state index in [1.807, 2.05) is 0 Å². The molecule has 5 atom stereocenters. The third-order valence-electron chi connectivity index (χ3n) is 17.8. The highest BCUT2D eigenvalue weighted by atomic mass is 31.2. The number of carbonyl (C=O) groups is 4. The fourth-order valence-corrected chi connectivity index (χ4v) is 13.2. The number of phosphoric ester groups is 2. The molecule has 0 saturated carbocycles. The van der Waals surface area contributed by atoms with Crippen LogP contribution in [0.2, 0.25) is 0 Å². The average Bonchev–Trinajstić information content (AvgIpc) is 1.37. The molecule has 98 heavy (non-hydrogen) atoms. The molecule has 578 valence electrons. The SMILES string of the molecule is CCCCCC/C=C\C=C/CCCCCCCC(=O)OC[C@H](COP(=O)(O)OC[C@@H](O)COP(=O)(O)OC[C@@H](COC(=O)CCCCCCCCCCCCCC)OC(=O)CCCCCCCCCCCCCC(C)C)OC(=O)CCCCCCCCCCCCCCCCC(C)C. The Morgan fingerprint density at radius 1 is 0.316 bits per heavy atom. The van der Waals surface area contributed by atoms with Gasteiger partial charge in [-0.3, -0.25) is 37.3 Å². The Kier molecular flexibility index (Phi) is 68.5. The molecule has 0 spiro atoms. The van der Waals surface area contributed by atoms with Crippen molar-refractivity contribution >= 4 is 39.5 Å². The van der Waals surface area contributed by atoms with E-state index < -0.39 is 97.5 Å². The van der Waals surface area contributed by atoms with Gasteiger partial charge in [-0.1, -0.05) is 336 Å². The Morgan fingerprint density at radius 2 is 0.551 bits per heavy atom. The molecule has 0 heterocycles. The van der Waals surface area contributed by atoms with E-state index in [0.717, 1.165) is 121 Å². The number of rotatable bonds is 76. The number of esters is 4. The first-order valence-electron chi connectivity index (χ1n) is 40.3. The quantitative estimate of drug-likeness (QED) is 0.0169. The molecule has 0 aromatic carbocycles. The maximum absolute atomic E-state index is 13.1. The predicted octanol–water partition coefficient (Wildman–Crippen LogP) is 23.1. The van der Waals surface area contributed by atoms with Crippen LogP contribution in [0, 0.1) is 11.8 Å². The van der Waals surface area contributed by atoms with E-state index in [9.17, 15) is 43.2 Å². The molecule has 0 rings (SSSR count). The minimum atomic E-state index is -4.97. The Morgan fingerprint density at radius 3 is 0.837 bits per heavy atom. The molecule has 0 bridgehead atoms. The Hall–Kier alpha value is -2.46. The van der Waals surface area contributed by atoms with E-state index in [1.54, 1.807) is 0 Å². The molecule has 0 amide bonds. The summed E-state index contributed by atoms with van der Waals surface area (Å²) in [5, 5.41) is 10.6. The molecule has 19 heteroatoms. The molecule has 3 N–H and O–H groups in total. The lowest BCUT2D eigenvalue weighted by molar-refractivity contribution is -0.161. The van der Waals surface area contributed by atoms with Gasteiger partial charge in [0.25, 0.3) is 0 Å². The van der Waals surface area contributed by atoms with E-state index in [-0.39, 0.29) is 25.7 Å². The van der Waals surface area contributed by atoms with Crippen molar-refractivity contribution in [2.75, 3.05) is 39.6 Å². The maximum Gasteiger partial charge on any atom is 0.472 e. The number of phosphoric acid groups is 2. The third-order valence-corrected chi connectivity index (χ3v) is 19.7. The summed E-state index contributed by atoms with van der Waals surface area (Å²) >= 11 is 0. The predicted molar refractivity (Wildman–Crippen MR) is 400 cm³/mol. The van der Waals surface area contributed by atoms with Gasteiger partial charge >= 0.3 is 39.5 Å². The van der Waals surface area contributed by atoms with Crippen molar-refractivity contribution in [2.24, 2.45) is 11.8 Å². The maximum atomic E-state index is 13.1. The van der Waals surface area contributed by atoms with Gasteiger partial charge < -0.3 is 33.8 Å². The molecule has 0 aliphatic heterocycles. The first-order valence-corrected chi connectivity index (χ1v) is 43.3. The molecule has 17 nitrogen and oxygen atoms in total. The number of hydrogen-bond acceptors (Lipinski definition) is 15. The van der Waals surface area contributed by atoms with Crippen LogP contribution in [0.4, 0.5) is 0 Å². The van der Waals surface area contributed by atoms with E-state index in [2.05, 4.69) is 65.8 Å². The summed E-state index contributed by atoms with van der Waals surface area (Å²) < 4.78 is 68.6. The summed E-state index contributed by atoms with van der Waals surface area (Å²) in [6.07, 6.45) is 61.7. The molecule has 0 fully saturated rings. The molecule has 0 aromatic heterocycles. The van der Waals surface area contributed by atoms with Crippen LogP contribution in [0.3, 0.4) is 0 Å². The largest absolute Gasteiger partial charge is 0.472 e. The van der Waals surface area contributed by atoms with Gasteiger partial charge in [0.05, 0.1) is 26.4 Å². The Balaban J connectivity index is 5.30. The fourth-order valence-electron chi connectivity index (χ4n) is 11.6. The molecule has 0 aliphatic rings. The second kappa shape index (κ2) is 70.2. The number of allylic oxidation sites excluding steroid dienone is 4. The highest BCUT2D eigenvalue weighted by Gasteiger charge is 2.30. The average molecular weight is 1430 g/mol. The fraction of sp³-hybridized carbons (Fsp3) is 0.899. The normalized spacial score (nSPS) is 14.1. The van der Waals surface area contributed by atoms with Gasteiger partial charge in [-0.05, 0) is 63.2 Å². The Bertz CT molecular complexity index is 1980. The molecule has 0 aromatic rings. The van der Waals surface area contributed by atoms with Gasteiger partial charge in [0, 0.05) is 25.7 Å². The summed E-state index contributed by atoms with van der Waals surface area (Å²) in [5.41, 5.74) is 0. The van der Waals surface area contributed by atoms with Crippen molar-refractivity contribution in [1.82, 2.24) is 0 Å². The molecule has 0 radical (unpaired) electrons. The first kappa shape index (κ1) is 95.5. The van der Waals surface area contributed by atoms with E-state index in [4.69, 9.17) is 37.0 Å². The minimum Gasteiger partial charge on any atom is -0.462 e. The van der Waals surface area contributed by atoms with Crippen molar-refractivity contribution in [3.05, 3.63) is 24.3 Å². The second-order valence-corrected chi connectivity index (χ2v) is 31.6. The highest BCUT2D eigenvalue weighted by molar-refractivity contribution is 7.47. The minimum absolute atomic E-state index is 0.101. The van der Waals surface area contributed by atoms with Crippen LogP contribution in [0.15, 0.2) is 24.3 Å². The summed E-state index contributed by atoms with van der Waals surface area (Å²) in [6, 6.07) is 0. The van der Waals surface area contributed by atoms with Gasteiger partial charge in [-0.2, -0.15) is 0 Å². The van der Waals surface area contributed by atoms with Crippen LogP contribution in [-0.4, -0.2) is 96.7 Å². The lowest BCUT2D eigenvalue weighted by Gasteiger charge is -2.21. The smallest absolute Gasteiger partial charge is 0.462 e. The van der Waals surface area contributed by atoms with Gasteiger partial charge in [0.15, 0.2) is 12.2 Å². The molecular formula is C79H150O17P2. The van der Waals surface area contributed by atoms with Crippen LogP contribution in [0.1, 0.15) is 388 Å². The van der Waals surface area contributed by atoms with Crippen LogP contribution in [0.25, 0.3) is 0 Å². The number of ether oxygens (including phenoxy) is 4. The third kappa shape index (κ3) is 71.9. The lowest BCUT2D eigenvalue weighted by atomic mass is 10.0. The summed E-state index contributed by atoms with van der Waals surface area (Å²) in [7, 11) is -9.93. The van der Waals surface area contributed by atoms with Crippen LogP contribution in [0.5, 0.6) is 0 Å². The zero-order chi connectivity index (χ0) is 72.1. The number of carbonyl (C=O) groups excluding carboxylic acids is 4. The van der Waals surface area contributed by atoms with E-state index in [1.165, 1.54) is 186 Å². The Labute approximate surface area is 599 Å². The number of hydrogen-bond donors (Lipinski definition) is 3. The first-order chi connectivity index (χ1) is 47.4. The zero-order valence-corrected chi connectivity index (χ0v) is 65.4. The second-order valence-electron chi connectivity index (χ2n) is 28.7. The van der Waals surface area contributed by atoms with Crippen molar-refractivity contribution in [1.29, 1.82) is 0 Å². The van der Waals surface area contributed by atoms with Crippen molar-refractivity contribution in [3.63, 3.8) is 0 Å². The lowest BCUT2D eigenvalue weighted by Crippen LogP contribution is -2.30. The molecule has 0 aliphatic carbocycles. The molecule has 0 saturated heterocycles. The number of aliphatic hydroxyl groups excluding tert-OH is 1. The van der Waals surface area contributed by atoms with E-state index >= 15 is 0 Å². The molecule has 2 unspecified atom stereocenters. The topological polar surface area (TPSA) is 237 Å². The van der Waals surface area contributed by atoms with Crippen molar-refractivity contribution in [2.45, 2.75) is 407 Å². The van der Waals surface area contributed by atoms with Gasteiger partial charge in [-0.15, -0.1) is 0 Å². The number of aliphatic hydroxyl groups is 1. The van der Waals surface area contributed by atoms with Crippen LogP contribution < -0.4 is 0 Å². The van der Waals surface area contributed by atoms with Gasteiger partial charge in [0.1, 0.15) is 19.3 Å². The highest BCUT2D eigenvalue weighted by Crippen LogP contribution is 2.45.